The molecule has 2 atom stereocenters. The number of rotatable bonds is 4. The Morgan fingerprint density at radius 1 is 1.44 bits per heavy atom. The number of β-amino-alcohol motifs (C(OH)–C–C–N with tert-alkyl or cyclic N) is 1. The van der Waals surface area contributed by atoms with E-state index < -0.39 is 6.10 Å². The third-order valence-corrected chi connectivity index (χ3v) is 4.60. The van der Waals surface area contributed by atoms with Crippen LogP contribution in [0, 0.1) is 6.92 Å². The summed E-state index contributed by atoms with van der Waals surface area (Å²) >= 11 is 0. The Morgan fingerprint density at radius 3 is 2.88 bits per heavy atom. The first-order valence-corrected chi connectivity index (χ1v) is 8.61. The summed E-state index contributed by atoms with van der Waals surface area (Å²) in [6.45, 7) is 6.72. The smallest absolute Gasteiger partial charge is 0.259 e. The highest BCUT2D eigenvalue weighted by molar-refractivity contribution is 5.94. The van der Waals surface area contributed by atoms with Crippen molar-refractivity contribution in [3.05, 3.63) is 47.3 Å². The van der Waals surface area contributed by atoms with E-state index in [1.54, 1.807) is 11.8 Å². The van der Waals surface area contributed by atoms with Gasteiger partial charge in [-0.05, 0) is 30.5 Å². The number of piperidine rings is 1. The SMILES string of the molecule is Cc1oncc1C(=O)N1CC[C@@H](Oc2cccc(C(C)C)c2)[C@H](O)C1. The van der Waals surface area contributed by atoms with E-state index in [-0.39, 0.29) is 18.6 Å². The number of hydrogen-bond acceptors (Lipinski definition) is 5. The lowest BCUT2D eigenvalue weighted by Crippen LogP contribution is -2.51. The quantitative estimate of drug-likeness (QED) is 0.923. The molecule has 1 aliphatic rings. The first kappa shape index (κ1) is 17.5. The fourth-order valence-corrected chi connectivity index (χ4v) is 3.03. The van der Waals surface area contributed by atoms with E-state index in [2.05, 4.69) is 25.1 Å². The fourth-order valence-electron chi connectivity index (χ4n) is 3.03. The van der Waals surface area contributed by atoms with Crippen molar-refractivity contribution in [3.8, 4) is 5.75 Å². The molecule has 2 heterocycles. The molecule has 6 heteroatoms. The Bertz CT molecular complexity index is 741. The topological polar surface area (TPSA) is 75.8 Å². The molecule has 134 valence electrons. The average Bonchev–Trinajstić information content (AvgIpc) is 3.02. The molecule has 0 radical (unpaired) electrons. The van der Waals surface area contributed by atoms with Crippen LogP contribution in [-0.4, -0.2) is 46.4 Å². The molecule has 1 aliphatic heterocycles. The number of aliphatic hydroxyl groups is 1. The van der Waals surface area contributed by atoms with Gasteiger partial charge in [0, 0.05) is 13.0 Å². The van der Waals surface area contributed by atoms with Crippen molar-refractivity contribution in [2.45, 2.75) is 45.3 Å². The molecule has 0 unspecified atom stereocenters. The van der Waals surface area contributed by atoms with Crippen molar-refractivity contribution in [1.29, 1.82) is 0 Å². The number of amides is 1. The van der Waals surface area contributed by atoms with Gasteiger partial charge in [-0.3, -0.25) is 4.79 Å². The molecule has 6 nitrogen and oxygen atoms in total. The van der Waals surface area contributed by atoms with Gasteiger partial charge >= 0.3 is 0 Å². The van der Waals surface area contributed by atoms with Gasteiger partial charge in [0.25, 0.3) is 5.91 Å². The largest absolute Gasteiger partial charge is 0.488 e. The van der Waals surface area contributed by atoms with Gasteiger partial charge in [-0.25, -0.2) is 0 Å². The van der Waals surface area contributed by atoms with Gasteiger partial charge in [-0.15, -0.1) is 0 Å². The number of aliphatic hydroxyl groups excluding tert-OH is 1. The third kappa shape index (κ3) is 3.85. The molecular weight excluding hydrogens is 320 g/mol. The van der Waals surface area contributed by atoms with E-state index >= 15 is 0 Å². The third-order valence-electron chi connectivity index (χ3n) is 4.60. The van der Waals surface area contributed by atoms with Crippen molar-refractivity contribution >= 4 is 5.91 Å². The van der Waals surface area contributed by atoms with Gasteiger partial charge in [-0.1, -0.05) is 31.1 Å². The number of likely N-dealkylation sites (tertiary alicyclic amines) is 1. The summed E-state index contributed by atoms with van der Waals surface area (Å²) in [7, 11) is 0. The minimum Gasteiger partial charge on any atom is -0.488 e. The van der Waals surface area contributed by atoms with Crippen LogP contribution in [0.5, 0.6) is 5.75 Å². The Labute approximate surface area is 147 Å². The highest BCUT2D eigenvalue weighted by atomic mass is 16.5. The predicted octanol–water partition coefficient (Wildman–Crippen LogP) is 2.76. The summed E-state index contributed by atoms with van der Waals surface area (Å²) in [5, 5.41) is 14.1. The van der Waals surface area contributed by atoms with Gasteiger partial charge < -0.3 is 19.3 Å². The number of carbonyl (C=O) groups excluding carboxylic acids is 1. The van der Waals surface area contributed by atoms with E-state index in [4.69, 9.17) is 9.26 Å². The number of nitrogens with zero attached hydrogens (tertiary/aromatic N) is 2. The minimum atomic E-state index is -0.736. The Balaban J connectivity index is 1.63. The van der Waals surface area contributed by atoms with Crippen LogP contribution in [-0.2, 0) is 0 Å². The molecular formula is C19H24N2O4. The maximum atomic E-state index is 12.5. The first-order chi connectivity index (χ1) is 12.0. The molecule has 1 amide bonds. The maximum absolute atomic E-state index is 12.5. The van der Waals surface area contributed by atoms with Crippen molar-refractivity contribution < 1.29 is 19.2 Å². The number of benzene rings is 1. The van der Waals surface area contributed by atoms with Crippen molar-refractivity contribution in [3.63, 3.8) is 0 Å². The van der Waals surface area contributed by atoms with E-state index in [1.165, 1.54) is 11.8 Å². The first-order valence-electron chi connectivity index (χ1n) is 8.61. The second-order valence-electron chi connectivity index (χ2n) is 6.79. The van der Waals surface area contributed by atoms with E-state index in [9.17, 15) is 9.90 Å². The van der Waals surface area contributed by atoms with Crippen LogP contribution < -0.4 is 4.74 Å². The summed E-state index contributed by atoms with van der Waals surface area (Å²) in [6.07, 6.45) is 0.934. The second kappa shape index (κ2) is 7.27. The summed E-state index contributed by atoms with van der Waals surface area (Å²) < 4.78 is 10.9. The lowest BCUT2D eigenvalue weighted by atomic mass is 10.0. The highest BCUT2D eigenvalue weighted by Crippen LogP contribution is 2.24. The van der Waals surface area contributed by atoms with E-state index in [0.29, 0.717) is 30.2 Å². The van der Waals surface area contributed by atoms with Crippen molar-refractivity contribution in [2.24, 2.45) is 0 Å². The summed E-state index contributed by atoms with van der Waals surface area (Å²) in [5.74, 6) is 1.49. The molecule has 25 heavy (non-hydrogen) atoms. The number of hydrogen-bond donors (Lipinski definition) is 1. The number of ether oxygens (including phenoxy) is 1. The molecule has 1 fully saturated rings. The monoisotopic (exact) mass is 344 g/mol. The molecule has 1 aromatic heterocycles. The minimum absolute atomic E-state index is 0.168. The Hall–Kier alpha value is -2.34. The van der Waals surface area contributed by atoms with Crippen molar-refractivity contribution in [2.75, 3.05) is 13.1 Å². The Kier molecular flexibility index (Phi) is 5.08. The molecule has 0 saturated carbocycles. The van der Waals surface area contributed by atoms with Gasteiger partial charge in [0.1, 0.15) is 29.3 Å². The normalized spacial score (nSPS) is 20.8. The van der Waals surface area contributed by atoms with Gasteiger partial charge in [-0.2, -0.15) is 0 Å². The summed E-state index contributed by atoms with van der Waals surface area (Å²) in [4.78, 5) is 14.1. The van der Waals surface area contributed by atoms with Crippen LogP contribution in [0.15, 0.2) is 35.0 Å². The molecule has 2 aromatic rings. The predicted molar refractivity (Wildman–Crippen MR) is 92.7 cm³/mol. The molecule has 1 N–H and O–H groups in total. The molecule has 0 spiro atoms. The highest BCUT2D eigenvalue weighted by Gasteiger charge is 2.33. The van der Waals surface area contributed by atoms with Crippen molar-refractivity contribution in [1.82, 2.24) is 10.1 Å². The van der Waals surface area contributed by atoms with Crippen LogP contribution in [0.3, 0.4) is 0 Å². The number of aryl methyl sites for hydroxylation is 1. The van der Waals surface area contributed by atoms with Crippen LogP contribution in [0.4, 0.5) is 0 Å². The molecule has 1 saturated heterocycles. The molecule has 0 bridgehead atoms. The van der Waals surface area contributed by atoms with Crippen LogP contribution in [0.25, 0.3) is 0 Å². The zero-order valence-electron chi connectivity index (χ0n) is 14.8. The maximum Gasteiger partial charge on any atom is 0.259 e. The summed E-state index contributed by atoms with van der Waals surface area (Å²) in [5.41, 5.74) is 1.64. The number of aromatic nitrogens is 1. The molecule has 3 rings (SSSR count). The van der Waals surface area contributed by atoms with Crippen LogP contribution >= 0.6 is 0 Å². The van der Waals surface area contributed by atoms with Gasteiger partial charge in [0.05, 0.1) is 12.7 Å². The van der Waals surface area contributed by atoms with Crippen LogP contribution in [0.2, 0.25) is 0 Å². The lowest BCUT2D eigenvalue weighted by molar-refractivity contribution is -0.0199. The number of carbonyl (C=O) groups is 1. The van der Waals surface area contributed by atoms with E-state index in [1.807, 2.05) is 18.2 Å². The van der Waals surface area contributed by atoms with Gasteiger partial charge in [0.2, 0.25) is 0 Å². The Morgan fingerprint density at radius 2 is 2.24 bits per heavy atom. The molecule has 0 aliphatic carbocycles. The zero-order chi connectivity index (χ0) is 18.0. The summed E-state index contributed by atoms with van der Waals surface area (Å²) in [6, 6.07) is 7.94. The second-order valence-corrected chi connectivity index (χ2v) is 6.79. The fraction of sp³-hybridized carbons (Fsp3) is 0.474. The molecule has 1 aromatic carbocycles. The zero-order valence-corrected chi connectivity index (χ0v) is 14.8. The average molecular weight is 344 g/mol. The van der Waals surface area contributed by atoms with Gasteiger partial charge in [0.15, 0.2) is 0 Å². The lowest BCUT2D eigenvalue weighted by Gasteiger charge is -2.35. The van der Waals surface area contributed by atoms with E-state index in [0.717, 1.165) is 5.75 Å². The van der Waals surface area contributed by atoms with Crippen LogP contribution in [0.1, 0.15) is 47.9 Å². The standard InChI is InChI=1S/C19H24N2O4/c1-12(2)14-5-4-6-15(9-14)24-18-7-8-21(11-17(18)22)19(23)16-10-20-25-13(16)3/h4-6,9-10,12,17-18,22H,7-8,11H2,1-3H3/t17-,18-/m1/s1.